The monoisotopic (exact) mass is 252 g/mol. The third-order valence-electron chi connectivity index (χ3n) is 5.42. The Labute approximate surface area is 109 Å². The van der Waals surface area contributed by atoms with Crippen LogP contribution >= 0.6 is 0 Å². The van der Waals surface area contributed by atoms with Gasteiger partial charge in [0.2, 0.25) is 0 Å². The van der Waals surface area contributed by atoms with Gasteiger partial charge in [-0.15, -0.1) is 0 Å². The lowest BCUT2D eigenvalue weighted by atomic mass is 9.50. The van der Waals surface area contributed by atoms with Crippen LogP contribution in [0.1, 0.15) is 52.4 Å². The summed E-state index contributed by atoms with van der Waals surface area (Å²) in [6.07, 6.45) is 8.07. The fourth-order valence-corrected chi connectivity index (χ4v) is 4.86. The molecule has 0 spiro atoms. The van der Waals surface area contributed by atoms with Crippen molar-refractivity contribution in [2.24, 2.45) is 23.2 Å². The van der Waals surface area contributed by atoms with Crippen LogP contribution in [0.25, 0.3) is 0 Å². The van der Waals surface area contributed by atoms with E-state index < -0.39 is 11.6 Å². The topological polar surface area (TPSA) is 46.5 Å². The second kappa shape index (κ2) is 3.96. The van der Waals surface area contributed by atoms with Gasteiger partial charge in [0.15, 0.2) is 5.60 Å². The Morgan fingerprint density at radius 3 is 2.00 bits per heavy atom. The van der Waals surface area contributed by atoms with Gasteiger partial charge in [-0.25, -0.2) is 4.79 Å². The summed E-state index contributed by atoms with van der Waals surface area (Å²) in [4.78, 5) is 11.1. The number of rotatable bonds is 4. The van der Waals surface area contributed by atoms with Crippen molar-refractivity contribution in [1.29, 1.82) is 0 Å². The van der Waals surface area contributed by atoms with E-state index in [1.165, 1.54) is 38.5 Å². The van der Waals surface area contributed by atoms with Crippen LogP contribution in [0.2, 0.25) is 0 Å². The summed E-state index contributed by atoms with van der Waals surface area (Å²) in [6, 6.07) is 0. The van der Waals surface area contributed by atoms with Crippen molar-refractivity contribution in [3.8, 4) is 0 Å². The summed E-state index contributed by atoms with van der Waals surface area (Å²) in [5.41, 5.74) is -0.731. The summed E-state index contributed by atoms with van der Waals surface area (Å²) in [5, 5.41) is 9.13. The van der Waals surface area contributed by atoms with Crippen molar-refractivity contribution in [2.75, 3.05) is 6.61 Å². The summed E-state index contributed by atoms with van der Waals surface area (Å²) >= 11 is 0. The van der Waals surface area contributed by atoms with E-state index in [0.717, 1.165) is 17.8 Å². The zero-order valence-corrected chi connectivity index (χ0v) is 11.4. The van der Waals surface area contributed by atoms with Gasteiger partial charge in [0.1, 0.15) is 0 Å². The number of carbonyl (C=O) groups is 1. The lowest BCUT2D eigenvalue weighted by molar-refractivity contribution is -0.174. The minimum atomic E-state index is -1.04. The van der Waals surface area contributed by atoms with Gasteiger partial charge in [-0.3, -0.25) is 0 Å². The molecule has 0 aromatic carbocycles. The molecule has 3 heteroatoms. The summed E-state index contributed by atoms with van der Waals surface area (Å²) in [6.45, 7) is 3.97. The second-order valence-electron chi connectivity index (χ2n) is 7.52. The average molecular weight is 252 g/mol. The van der Waals surface area contributed by atoms with Crippen molar-refractivity contribution in [1.82, 2.24) is 0 Å². The van der Waals surface area contributed by atoms with Gasteiger partial charge in [-0.1, -0.05) is 0 Å². The molecular formula is C15H24O3. The molecule has 0 unspecified atom stereocenters. The Balaban J connectivity index is 1.67. The highest BCUT2D eigenvalue weighted by molar-refractivity contribution is 5.76. The van der Waals surface area contributed by atoms with E-state index in [9.17, 15) is 4.79 Å². The molecule has 102 valence electrons. The number of hydrogen-bond donors (Lipinski definition) is 1. The molecule has 4 bridgehead atoms. The van der Waals surface area contributed by atoms with E-state index in [-0.39, 0.29) is 0 Å². The largest absolute Gasteiger partial charge is 0.479 e. The Kier molecular flexibility index (Phi) is 2.74. The normalized spacial score (nSPS) is 42.2. The molecular weight excluding hydrogens is 228 g/mol. The van der Waals surface area contributed by atoms with Gasteiger partial charge >= 0.3 is 5.97 Å². The van der Waals surface area contributed by atoms with Gasteiger partial charge in [0.05, 0.1) is 6.61 Å². The summed E-state index contributed by atoms with van der Waals surface area (Å²) < 4.78 is 5.78. The smallest absolute Gasteiger partial charge is 0.335 e. The third-order valence-corrected chi connectivity index (χ3v) is 5.42. The highest BCUT2D eigenvalue weighted by Gasteiger charge is 2.51. The van der Waals surface area contributed by atoms with E-state index in [0.29, 0.717) is 12.0 Å². The lowest BCUT2D eigenvalue weighted by Crippen LogP contribution is -2.50. The third kappa shape index (κ3) is 2.07. The quantitative estimate of drug-likeness (QED) is 0.836. The molecule has 0 radical (unpaired) electrons. The Morgan fingerprint density at radius 1 is 1.17 bits per heavy atom. The number of carboxylic acids is 1. The van der Waals surface area contributed by atoms with Crippen molar-refractivity contribution < 1.29 is 14.6 Å². The van der Waals surface area contributed by atoms with Crippen molar-refractivity contribution in [3.05, 3.63) is 0 Å². The van der Waals surface area contributed by atoms with Crippen LogP contribution in [0, 0.1) is 23.2 Å². The zero-order valence-electron chi connectivity index (χ0n) is 11.4. The predicted molar refractivity (Wildman–Crippen MR) is 68.3 cm³/mol. The lowest BCUT2D eigenvalue weighted by Gasteiger charge is -2.57. The van der Waals surface area contributed by atoms with E-state index in [2.05, 4.69) is 0 Å². The fraction of sp³-hybridized carbons (Fsp3) is 0.933. The first kappa shape index (κ1) is 12.5. The summed E-state index contributed by atoms with van der Waals surface area (Å²) in [5.74, 6) is 1.83. The highest BCUT2D eigenvalue weighted by Crippen LogP contribution is 2.60. The van der Waals surface area contributed by atoms with Crippen molar-refractivity contribution >= 4 is 5.97 Å². The Morgan fingerprint density at radius 2 is 1.61 bits per heavy atom. The molecule has 0 heterocycles. The van der Waals surface area contributed by atoms with Gasteiger partial charge in [-0.2, -0.15) is 0 Å². The van der Waals surface area contributed by atoms with Gasteiger partial charge in [-0.05, 0) is 75.5 Å². The van der Waals surface area contributed by atoms with E-state index >= 15 is 0 Å². The second-order valence-corrected chi connectivity index (χ2v) is 7.52. The molecule has 0 saturated heterocycles. The average Bonchev–Trinajstić information content (AvgIpc) is 2.24. The maximum atomic E-state index is 11.1. The van der Waals surface area contributed by atoms with Gasteiger partial charge < -0.3 is 9.84 Å². The van der Waals surface area contributed by atoms with E-state index in [1.807, 2.05) is 0 Å². The van der Waals surface area contributed by atoms with Gasteiger partial charge in [0.25, 0.3) is 0 Å². The van der Waals surface area contributed by atoms with Crippen LogP contribution in [0.3, 0.4) is 0 Å². The van der Waals surface area contributed by atoms with Crippen molar-refractivity contribution in [2.45, 2.75) is 58.0 Å². The molecule has 18 heavy (non-hydrogen) atoms. The first-order valence-electron chi connectivity index (χ1n) is 7.26. The maximum absolute atomic E-state index is 11.1. The number of carboxylic acid groups (broad SMARTS) is 1. The highest BCUT2D eigenvalue weighted by atomic mass is 16.5. The molecule has 4 fully saturated rings. The van der Waals surface area contributed by atoms with Crippen LogP contribution in [0.4, 0.5) is 0 Å². The number of ether oxygens (including phenoxy) is 1. The Hall–Kier alpha value is -0.570. The maximum Gasteiger partial charge on any atom is 0.335 e. The summed E-state index contributed by atoms with van der Waals surface area (Å²) in [7, 11) is 0. The first-order valence-corrected chi connectivity index (χ1v) is 7.26. The molecule has 0 aromatic rings. The molecule has 4 aliphatic carbocycles. The zero-order chi connectivity index (χ0) is 13.0. The molecule has 4 aliphatic rings. The molecule has 0 aromatic heterocycles. The van der Waals surface area contributed by atoms with Crippen LogP contribution in [-0.2, 0) is 9.53 Å². The fourth-order valence-electron chi connectivity index (χ4n) is 4.86. The molecule has 0 aliphatic heterocycles. The minimum absolute atomic E-state index is 0.307. The molecule has 4 saturated carbocycles. The Bertz CT molecular complexity index is 323. The SMILES string of the molecule is CC(C)(OCC12CC3CC(CC(C3)C1)C2)C(=O)O. The van der Waals surface area contributed by atoms with Crippen LogP contribution in [0.15, 0.2) is 0 Å². The molecule has 3 nitrogen and oxygen atoms in total. The molecule has 4 rings (SSSR count). The van der Waals surface area contributed by atoms with Crippen LogP contribution in [-0.4, -0.2) is 23.3 Å². The van der Waals surface area contributed by atoms with E-state index in [1.54, 1.807) is 13.8 Å². The minimum Gasteiger partial charge on any atom is -0.479 e. The number of aliphatic carboxylic acids is 1. The van der Waals surface area contributed by atoms with Crippen molar-refractivity contribution in [3.63, 3.8) is 0 Å². The predicted octanol–water partition coefficient (Wildman–Crippen LogP) is 3.08. The molecule has 1 N–H and O–H groups in total. The number of hydrogen-bond acceptors (Lipinski definition) is 2. The standard InChI is InChI=1S/C15H24O3/c1-14(2,13(16)17)18-9-15-6-10-3-11(7-15)5-12(4-10)8-15/h10-12H,3-9H2,1-2H3,(H,16,17). The first-order chi connectivity index (χ1) is 8.39. The van der Waals surface area contributed by atoms with E-state index in [4.69, 9.17) is 9.84 Å². The van der Waals surface area contributed by atoms with Gasteiger partial charge in [0, 0.05) is 0 Å². The van der Waals surface area contributed by atoms with Crippen LogP contribution in [0.5, 0.6) is 0 Å². The van der Waals surface area contributed by atoms with Crippen LogP contribution < -0.4 is 0 Å². The molecule has 0 atom stereocenters. The molecule has 0 amide bonds.